The topological polar surface area (TPSA) is 95.5 Å². The molecule has 1 aromatic rings. The Morgan fingerprint density at radius 2 is 2.11 bits per heavy atom. The minimum Gasteiger partial charge on any atom is -0.461 e. The van der Waals surface area contributed by atoms with E-state index in [1.165, 1.54) is 25.1 Å². The monoisotopic (exact) mass is 286 g/mol. The van der Waals surface area contributed by atoms with E-state index in [9.17, 15) is 14.9 Å². The van der Waals surface area contributed by atoms with Gasteiger partial charge in [-0.15, -0.1) is 0 Å². The molecule has 0 aliphatic carbocycles. The Bertz CT molecular complexity index is 514. The van der Waals surface area contributed by atoms with Crippen LogP contribution in [-0.2, 0) is 15.1 Å². The van der Waals surface area contributed by atoms with Crippen LogP contribution < -0.4 is 5.73 Å². The number of nitro benzene ring substituents is 1. The van der Waals surface area contributed by atoms with Gasteiger partial charge < -0.3 is 10.5 Å². The molecule has 0 bridgehead atoms. The summed E-state index contributed by atoms with van der Waals surface area (Å²) in [6.07, 6.45) is -0.302. The molecule has 0 saturated heterocycles. The summed E-state index contributed by atoms with van der Waals surface area (Å²) >= 11 is 5.79. The number of hydrogen-bond donors (Lipinski definition) is 1. The van der Waals surface area contributed by atoms with Gasteiger partial charge in [0.05, 0.1) is 11.0 Å². The van der Waals surface area contributed by atoms with Gasteiger partial charge in [-0.1, -0.05) is 11.6 Å². The Kier molecular flexibility index (Phi) is 4.49. The molecule has 104 valence electrons. The van der Waals surface area contributed by atoms with E-state index in [4.69, 9.17) is 22.1 Å². The summed E-state index contributed by atoms with van der Waals surface area (Å²) in [6.45, 7) is 4.88. The van der Waals surface area contributed by atoms with Gasteiger partial charge in [0.2, 0.25) is 0 Å². The molecule has 0 aliphatic heterocycles. The van der Waals surface area contributed by atoms with Crippen LogP contribution in [-0.4, -0.2) is 17.0 Å². The van der Waals surface area contributed by atoms with Crippen LogP contribution in [0.3, 0.4) is 0 Å². The van der Waals surface area contributed by atoms with Crippen molar-refractivity contribution in [3.05, 3.63) is 38.9 Å². The van der Waals surface area contributed by atoms with Gasteiger partial charge in [0, 0.05) is 6.07 Å². The number of halogens is 1. The first kappa shape index (κ1) is 15.4. The molecule has 0 saturated carbocycles. The van der Waals surface area contributed by atoms with E-state index < -0.39 is 16.4 Å². The normalized spacial score (nSPS) is 14.0. The van der Waals surface area contributed by atoms with Crippen molar-refractivity contribution in [3.63, 3.8) is 0 Å². The second-order valence-corrected chi connectivity index (χ2v) is 4.99. The fraction of sp³-hybridized carbons (Fsp3) is 0.417. The first-order valence-electron chi connectivity index (χ1n) is 5.60. The van der Waals surface area contributed by atoms with Crippen LogP contribution >= 0.6 is 11.6 Å². The highest BCUT2D eigenvalue weighted by Crippen LogP contribution is 2.29. The van der Waals surface area contributed by atoms with E-state index in [0.717, 1.165) is 0 Å². The number of benzene rings is 1. The smallest absolute Gasteiger partial charge is 0.330 e. The summed E-state index contributed by atoms with van der Waals surface area (Å²) in [6, 6.07) is 3.91. The van der Waals surface area contributed by atoms with Gasteiger partial charge in [0.25, 0.3) is 5.69 Å². The van der Waals surface area contributed by atoms with Crippen LogP contribution in [0.5, 0.6) is 0 Å². The Morgan fingerprint density at radius 3 is 2.53 bits per heavy atom. The molecule has 0 amide bonds. The third-order valence-electron chi connectivity index (χ3n) is 2.51. The van der Waals surface area contributed by atoms with Crippen molar-refractivity contribution in [1.29, 1.82) is 0 Å². The van der Waals surface area contributed by atoms with Crippen molar-refractivity contribution in [2.24, 2.45) is 5.73 Å². The lowest BCUT2D eigenvalue weighted by molar-refractivity contribution is -0.384. The van der Waals surface area contributed by atoms with Crippen LogP contribution in [0, 0.1) is 10.1 Å². The molecular weight excluding hydrogens is 272 g/mol. The summed E-state index contributed by atoms with van der Waals surface area (Å²) in [5.41, 5.74) is 4.63. The van der Waals surface area contributed by atoms with Gasteiger partial charge >= 0.3 is 5.97 Å². The van der Waals surface area contributed by atoms with Gasteiger partial charge in [-0.05, 0) is 38.5 Å². The molecule has 1 atom stereocenters. The fourth-order valence-electron chi connectivity index (χ4n) is 1.43. The van der Waals surface area contributed by atoms with Gasteiger partial charge in [0.1, 0.15) is 10.6 Å². The average molecular weight is 287 g/mol. The standard InChI is InChI=1S/C12H15ClN2O4/c1-7(2)19-11(16)12(3,14)8-4-5-10(15(17)18)9(13)6-8/h4-7H,14H2,1-3H3/t12-/m0/s1. The Hall–Kier alpha value is -1.66. The lowest BCUT2D eigenvalue weighted by Gasteiger charge is -2.24. The highest BCUT2D eigenvalue weighted by atomic mass is 35.5. The first-order chi connectivity index (χ1) is 8.66. The molecule has 0 aromatic heterocycles. The van der Waals surface area contributed by atoms with Gasteiger partial charge in [-0.25, -0.2) is 4.79 Å². The van der Waals surface area contributed by atoms with Crippen molar-refractivity contribution in [2.75, 3.05) is 0 Å². The molecule has 0 radical (unpaired) electrons. The van der Waals surface area contributed by atoms with Crippen LogP contribution in [0.1, 0.15) is 26.3 Å². The van der Waals surface area contributed by atoms with Gasteiger partial charge in [-0.2, -0.15) is 0 Å². The van der Waals surface area contributed by atoms with E-state index in [1.807, 2.05) is 0 Å². The lowest BCUT2D eigenvalue weighted by atomic mass is 9.93. The van der Waals surface area contributed by atoms with Crippen LogP contribution in [0.2, 0.25) is 5.02 Å². The maximum absolute atomic E-state index is 11.9. The molecule has 6 nitrogen and oxygen atoms in total. The van der Waals surface area contributed by atoms with Crippen molar-refractivity contribution < 1.29 is 14.5 Å². The van der Waals surface area contributed by atoms with E-state index in [0.29, 0.717) is 5.56 Å². The molecule has 2 N–H and O–H groups in total. The van der Waals surface area contributed by atoms with Crippen molar-refractivity contribution in [3.8, 4) is 0 Å². The minimum atomic E-state index is -1.41. The molecule has 0 fully saturated rings. The first-order valence-corrected chi connectivity index (χ1v) is 5.98. The quantitative estimate of drug-likeness (QED) is 0.521. The molecule has 0 heterocycles. The largest absolute Gasteiger partial charge is 0.461 e. The third-order valence-corrected chi connectivity index (χ3v) is 2.81. The second kappa shape index (κ2) is 5.54. The number of nitro groups is 1. The van der Waals surface area contributed by atoms with Gasteiger partial charge in [0.15, 0.2) is 0 Å². The van der Waals surface area contributed by atoms with E-state index in [1.54, 1.807) is 13.8 Å². The highest BCUT2D eigenvalue weighted by molar-refractivity contribution is 6.32. The van der Waals surface area contributed by atoms with Crippen LogP contribution in [0.25, 0.3) is 0 Å². The average Bonchev–Trinajstić information content (AvgIpc) is 2.27. The van der Waals surface area contributed by atoms with Crippen molar-refractivity contribution in [2.45, 2.75) is 32.4 Å². The number of carbonyl (C=O) groups is 1. The zero-order valence-corrected chi connectivity index (χ0v) is 11.6. The maximum atomic E-state index is 11.9. The summed E-state index contributed by atoms with van der Waals surface area (Å²) in [5.74, 6) is -0.618. The fourth-order valence-corrected chi connectivity index (χ4v) is 1.68. The summed E-state index contributed by atoms with van der Waals surface area (Å²) < 4.78 is 5.05. The summed E-state index contributed by atoms with van der Waals surface area (Å²) in [5, 5.41) is 10.6. The number of carbonyl (C=O) groups excluding carboxylic acids is 1. The Morgan fingerprint density at radius 1 is 1.53 bits per heavy atom. The SMILES string of the molecule is CC(C)OC(=O)[C@@](C)(N)c1ccc([N+](=O)[O-])c(Cl)c1. The number of nitrogens with two attached hydrogens (primary N) is 1. The molecule has 0 aliphatic rings. The molecular formula is C12H15ClN2O4. The number of nitrogens with zero attached hydrogens (tertiary/aromatic N) is 1. The molecule has 7 heteroatoms. The molecule has 0 spiro atoms. The number of hydrogen-bond acceptors (Lipinski definition) is 5. The van der Waals surface area contributed by atoms with E-state index >= 15 is 0 Å². The van der Waals surface area contributed by atoms with E-state index in [-0.39, 0.29) is 16.8 Å². The Balaban J connectivity index is 3.12. The predicted octanol–water partition coefficient (Wildman–Crippen LogP) is 2.37. The van der Waals surface area contributed by atoms with Gasteiger partial charge in [-0.3, -0.25) is 10.1 Å². The van der Waals surface area contributed by atoms with Crippen molar-refractivity contribution in [1.82, 2.24) is 0 Å². The predicted molar refractivity (Wildman–Crippen MR) is 70.9 cm³/mol. The van der Waals surface area contributed by atoms with Crippen molar-refractivity contribution >= 4 is 23.3 Å². The lowest BCUT2D eigenvalue weighted by Crippen LogP contribution is -2.44. The third kappa shape index (κ3) is 3.42. The second-order valence-electron chi connectivity index (χ2n) is 4.58. The summed E-state index contributed by atoms with van der Waals surface area (Å²) in [7, 11) is 0. The summed E-state index contributed by atoms with van der Waals surface area (Å²) in [4.78, 5) is 21.9. The number of esters is 1. The molecule has 1 aromatic carbocycles. The highest BCUT2D eigenvalue weighted by Gasteiger charge is 2.34. The van der Waals surface area contributed by atoms with Crippen LogP contribution in [0.4, 0.5) is 5.69 Å². The van der Waals surface area contributed by atoms with Crippen LogP contribution in [0.15, 0.2) is 18.2 Å². The zero-order chi connectivity index (χ0) is 14.8. The molecule has 1 rings (SSSR count). The minimum absolute atomic E-state index is 0.0727. The maximum Gasteiger partial charge on any atom is 0.330 e. The number of ether oxygens (including phenoxy) is 1. The van der Waals surface area contributed by atoms with E-state index in [2.05, 4.69) is 0 Å². The number of rotatable bonds is 4. The Labute approximate surface area is 115 Å². The zero-order valence-electron chi connectivity index (χ0n) is 10.8. The molecule has 0 unspecified atom stereocenters. The molecule has 19 heavy (non-hydrogen) atoms.